The fraction of sp³-hybridized carbons (Fsp3) is 0.667. The Kier molecular flexibility index (Phi) is 3.23. The normalized spacial score (nSPS) is 28.1. The van der Waals surface area contributed by atoms with E-state index in [1.165, 1.54) is 16.8 Å². The molecule has 2 heterocycles. The lowest BCUT2D eigenvalue weighted by atomic mass is 10.0. The maximum atomic E-state index is 12.1. The van der Waals surface area contributed by atoms with Crippen molar-refractivity contribution in [3.8, 4) is 0 Å². The number of H-pyrrole nitrogens is 1. The highest BCUT2D eigenvalue weighted by atomic mass is 35.5. The Morgan fingerprint density at radius 3 is 2.94 bits per heavy atom. The van der Waals surface area contributed by atoms with Crippen LogP contribution in [0, 0.1) is 5.92 Å². The van der Waals surface area contributed by atoms with E-state index in [0.717, 1.165) is 6.42 Å². The lowest BCUT2D eigenvalue weighted by molar-refractivity contribution is 0.292. The molecule has 1 aromatic heterocycles. The lowest BCUT2D eigenvalue weighted by Crippen LogP contribution is -2.43. The molecule has 7 heteroatoms. The third-order valence-corrected chi connectivity index (χ3v) is 5.28. The van der Waals surface area contributed by atoms with Crippen LogP contribution in [0.4, 0.5) is 0 Å². The second-order valence-electron chi connectivity index (χ2n) is 4.06. The number of imidazole rings is 1. The number of hydrogen-bond donors (Lipinski definition) is 1. The first-order valence-corrected chi connectivity index (χ1v) is 7.02. The van der Waals surface area contributed by atoms with E-state index in [1.807, 2.05) is 6.92 Å². The van der Waals surface area contributed by atoms with E-state index < -0.39 is 10.0 Å². The van der Waals surface area contributed by atoms with Crippen molar-refractivity contribution in [2.24, 2.45) is 5.92 Å². The van der Waals surface area contributed by atoms with E-state index in [9.17, 15) is 8.42 Å². The second-order valence-corrected chi connectivity index (χ2v) is 6.53. The maximum Gasteiger partial charge on any atom is 0.260 e. The van der Waals surface area contributed by atoms with Crippen LogP contribution in [0.15, 0.2) is 17.6 Å². The van der Waals surface area contributed by atoms with Gasteiger partial charge in [0.05, 0.1) is 12.5 Å². The molecule has 5 nitrogen and oxygen atoms in total. The van der Waals surface area contributed by atoms with Gasteiger partial charge in [0.2, 0.25) is 0 Å². The zero-order valence-corrected chi connectivity index (χ0v) is 10.5. The molecule has 1 aromatic rings. The number of hydrogen-bond acceptors (Lipinski definition) is 3. The number of piperidine rings is 1. The van der Waals surface area contributed by atoms with Gasteiger partial charge in [-0.25, -0.2) is 13.4 Å². The highest BCUT2D eigenvalue weighted by Crippen LogP contribution is 2.25. The fourth-order valence-electron chi connectivity index (χ4n) is 1.74. The quantitative estimate of drug-likeness (QED) is 0.811. The van der Waals surface area contributed by atoms with Crippen molar-refractivity contribution in [3.05, 3.63) is 12.5 Å². The summed E-state index contributed by atoms with van der Waals surface area (Å²) in [6, 6.07) is 0. The monoisotopic (exact) mass is 263 g/mol. The molecule has 1 saturated heterocycles. The van der Waals surface area contributed by atoms with Crippen molar-refractivity contribution < 1.29 is 8.42 Å². The van der Waals surface area contributed by atoms with Crippen molar-refractivity contribution in [3.63, 3.8) is 0 Å². The van der Waals surface area contributed by atoms with Crippen molar-refractivity contribution >= 4 is 21.6 Å². The standard InChI is InChI=1S/C9H14ClN3O2S/c1-7-2-3-13(5-8(7)10)16(14,15)9-4-11-6-12-9/h4,6-8H,2-3,5H2,1H3,(H,11,12). The van der Waals surface area contributed by atoms with E-state index in [1.54, 1.807) is 0 Å². The zero-order valence-electron chi connectivity index (χ0n) is 8.93. The summed E-state index contributed by atoms with van der Waals surface area (Å²) in [6.07, 6.45) is 3.47. The molecule has 1 N–H and O–H groups in total. The molecule has 2 atom stereocenters. The van der Waals surface area contributed by atoms with Gasteiger partial charge in [0.15, 0.2) is 5.03 Å². The summed E-state index contributed by atoms with van der Waals surface area (Å²) < 4.78 is 25.6. The minimum atomic E-state index is -3.44. The minimum Gasteiger partial charge on any atom is -0.335 e. The van der Waals surface area contributed by atoms with Gasteiger partial charge in [0, 0.05) is 18.5 Å². The Morgan fingerprint density at radius 2 is 2.38 bits per heavy atom. The molecular formula is C9H14ClN3O2S. The summed E-state index contributed by atoms with van der Waals surface area (Å²) in [7, 11) is -3.44. The number of nitrogens with one attached hydrogen (secondary N) is 1. The van der Waals surface area contributed by atoms with Crippen LogP contribution in [0.3, 0.4) is 0 Å². The smallest absolute Gasteiger partial charge is 0.260 e. The number of sulfonamides is 1. The molecule has 0 spiro atoms. The van der Waals surface area contributed by atoms with E-state index in [4.69, 9.17) is 11.6 Å². The van der Waals surface area contributed by atoms with Crippen molar-refractivity contribution in [2.75, 3.05) is 13.1 Å². The molecule has 0 amide bonds. The van der Waals surface area contributed by atoms with Gasteiger partial charge in [0.25, 0.3) is 10.0 Å². The molecule has 2 rings (SSSR count). The number of halogens is 1. The molecule has 2 unspecified atom stereocenters. The zero-order chi connectivity index (χ0) is 11.8. The Balaban J connectivity index is 2.20. The van der Waals surface area contributed by atoms with Gasteiger partial charge >= 0.3 is 0 Å². The number of rotatable bonds is 2. The summed E-state index contributed by atoms with van der Waals surface area (Å²) in [5, 5.41) is 0.0115. The third-order valence-electron chi connectivity index (χ3n) is 2.92. The van der Waals surface area contributed by atoms with E-state index in [-0.39, 0.29) is 10.4 Å². The number of aromatic amines is 1. The van der Waals surface area contributed by atoms with Crippen molar-refractivity contribution in [1.82, 2.24) is 14.3 Å². The SMILES string of the molecule is CC1CCN(S(=O)(=O)c2cnc[nH]2)CC1Cl. The molecule has 16 heavy (non-hydrogen) atoms. The van der Waals surface area contributed by atoms with Gasteiger partial charge in [-0.05, 0) is 12.3 Å². The molecule has 0 radical (unpaired) electrons. The van der Waals surface area contributed by atoms with Crippen LogP contribution < -0.4 is 0 Å². The van der Waals surface area contributed by atoms with Crippen molar-refractivity contribution in [1.29, 1.82) is 0 Å². The summed E-state index contributed by atoms with van der Waals surface area (Å²) >= 11 is 6.10. The van der Waals surface area contributed by atoms with Gasteiger partial charge < -0.3 is 4.98 Å². The second kappa shape index (κ2) is 4.35. The van der Waals surface area contributed by atoms with E-state index in [2.05, 4.69) is 9.97 Å². The number of alkyl halides is 1. The van der Waals surface area contributed by atoms with Crippen LogP contribution in [0.2, 0.25) is 0 Å². The number of nitrogens with zero attached hydrogens (tertiary/aromatic N) is 2. The Hall–Kier alpha value is -0.590. The molecule has 0 aliphatic carbocycles. The topological polar surface area (TPSA) is 66.1 Å². The van der Waals surface area contributed by atoms with Gasteiger partial charge in [-0.1, -0.05) is 6.92 Å². The largest absolute Gasteiger partial charge is 0.335 e. The minimum absolute atomic E-state index is 0.119. The van der Waals surface area contributed by atoms with Gasteiger partial charge in [0.1, 0.15) is 0 Å². The first-order chi connectivity index (χ1) is 7.51. The van der Waals surface area contributed by atoms with Crippen molar-refractivity contribution in [2.45, 2.75) is 23.7 Å². The average molecular weight is 264 g/mol. The summed E-state index contributed by atoms with van der Waals surface area (Å²) in [4.78, 5) is 6.34. The van der Waals surface area contributed by atoms with Crippen LogP contribution in [-0.2, 0) is 10.0 Å². The maximum absolute atomic E-state index is 12.1. The molecule has 0 bridgehead atoms. The highest BCUT2D eigenvalue weighted by Gasteiger charge is 2.33. The first-order valence-electron chi connectivity index (χ1n) is 5.14. The first kappa shape index (κ1) is 11.9. The van der Waals surface area contributed by atoms with Gasteiger partial charge in [-0.3, -0.25) is 0 Å². The van der Waals surface area contributed by atoms with Gasteiger partial charge in [-0.15, -0.1) is 11.6 Å². The van der Waals surface area contributed by atoms with E-state index >= 15 is 0 Å². The predicted octanol–water partition coefficient (Wildman–Crippen LogP) is 1.05. The van der Waals surface area contributed by atoms with Crippen LogP contribution in [0.1, 0.15) is 13.3 Å². The van der Waals surface area contributed by atoms with Crippen LogP contribution >= 0.6 is 11.6 Å². The van der Waals surface area contributed by atoms with E-state index in [0.29, 0.717) is 19.0 Å². The molecule has 0 saturated carbocycles. The summed E-state index contributed by atoms with van der Waals surface area (Å²) in [6.45, 7) is 2.92. The lowest BCUT2D eigenvalue weighted by Gasteiger charge is -2.32. The van der Waals surface area contributed by atoms with Crippen LogP contribution in [0.25, 0.3) is 0 Å². The molecule has 0 aromatic carbocycles. The van der Waals surface area contributed by atoms with Crippen LogP contribution in [0.5, 0.6) is 0 Å². The predicted molar refractivity (Wildman–Crippen MR) is 60.8 cm³/mol. The molecule has 1 aliphatic heterocycles. The fourth-order valence-corrected chi connectivity index (χ4v) is 3.49. The third kappa shape index (κ3) is 2.09. The summed E-state index contributed by atoms with van der Waals surface area (Å²) in [5.74, 6) is 0.356. The Labute approximate surface area is 99.9 Å². The number of aromatic nitrogens is 2. The van der Waals surface area contributed by atoms with Crippen LogP contribution in [-0.4, -0.2) is 41.2 Å². The average Bonchev–Trinajstić information content (AvgIpc) is 2.75. The molecular weight excluding hydrogens is 250 g/mol. The summed E-state index contributed by atoms with van der Waals surface area (Å²) in [5.41, 5.74) is 0. The van der Waals surface area contributed by atoms with Gasteiger partial charge in [-0.2, -0.15) is 4.31 Å². The Morgan fingerprint density at radius 1 is 1.62 bits per heavy atom. The Bertz CT molecular complexity index is 445. The molecule has 1 fully saturated rings. The highest BCUT2D eigenvalue weighted by molar-refractivity contribution is 7.89. The molecule has 1 aliphatic rings. The molecule has 90 valence electrons.